The summed E-state index contributed by atoms with van der Waals surface area (Å²) in [6.07, 6.45) is 3.71. The van der Waals surface area contributed by atoms with Gasteiger partial charge in [-0.2, -0.15) is 0 Å². The quantitative estimate of drug-likeness (QED) is 0.450. The van der Waals surface area contributed by atoms with E-state index < -0.39 is 0 Å². The lowest BCUT2D eigenvalue weighted by molar-refractivity contribution is 0.0827. The Balaban J connectivity index is 1.36. The molecular formula is C27H30N6O2. The number of carbonyl (C=O) groups excluding carboxylic acids is 1. The van der Waals surface area contributed by atoms with Crippen molar-refractivity contribution in [1.29, 1.82) is 0 Å². The highest BCUT2D eigenvalue weighted by atomic mass is 16.3. The summed E-state index contributed by atoms with van der Waals surface area (Å²) in [5.74, 6) is -0.0203. The highest BCUT2D eigenvalue weighted by molar-refractivity contribution is 5.96. The molecule has 180 valence electrons. The number of carbonyl (C=O) groups is 1. The van der Waals surface area contributed by atoms with Crippen LogP contribution in [0.2, 0.25) is 0 Å². The van der Waals surface area contributed by atoms with Gasteiger partial charge in [0.25, 0.3) is 5.91 Å². The number of benzene rings is 2. The first-order valence-electron chi connectivity index (χ1n) is 11.9. The van der Waals surface area contributed by atoms with Crippen molar-refractivity contribution >= 4 is 22.8 Å². The number of hydrogen-bond donors (Lipinski definition) is 2. The van der Waals surface area contributed by atoms with Crippen molar-refractivity contribution in [3.63, 3.8) is 0 Å². The van der Waals surface area contributed by atoms with E-state index in [1.807, 2.05) is 30.5 Å². The Morgan fingerprint density at radius 1 is 1.00 bits per heavy atom. The summed E-state index contributed by atoms with van der Waals surface area (Å²) >= 11 is 0. The minimum absolute atomic E-state index is 0.0203. The Morgan fingerprint density at radius 3 is 2.34 bits per heavy atom. The van der Waals surface area contributed by atoms with Gasteiger partial charge in [0.2, 0.25) is 0 Å². The van der Waals surface area contributed by atoms with Crippen molar-refractivity contribution < 1.29 is 9.90 Å². The molecule has 8 nitrogen and oxygen atoms in total. The van der Waals surface area contributed by atoms with Gasteiger partial charge in [0.15, 0.2) is 5.65 Å². The molecule has 0 saturated carbocycles. The molecule has 3 heterocycles. The first-order valence-corrected chi connectivity index (χ1v) is 11.9. The Labute approximate surface area is 204 Å². The Bertz CT molecular complexity index is 1310. The summed E-state index contributed by atoms with van der Waals surface area (Å²) in [5, 5.41) is 9.14. The van der Waals surface area contributed by atoms with Gasteiger partial charge in [-0.3, -0.25) is 9.69 Å². The van der Waals surface area contributed by atoms with Crippen molar-refractivity contribution in [3.8, 4) is 22.4 Å². The van der Waals surface area contributed by atoms with E-state index >= 15 is 0 Å². The zero-order chi connectivity index (χ0) is 24.4. The fraction of sp³-hybridized carbons (Fsp3) is 0.296. The van der Waals surface area contributed by atoms with Crippen LogP contribution in [0.5, 0.6) is 0 Å². The van der Waals surface area contributed by atoms with Gasteiger partial charge >= 0.3 is 0 Å². The normalized spacial score (nSPS) is 14.4. The molecule has 0 aliphatic carbocycles. The molecule has 2 aromatic heterocycles. The largest absolute Gasteiger partial charge is 0.395 e. The highest BCUT2D eigenvalue weighted by Gasteiger charge is 2.17. The molecule has 1 saturated heterocycles. The molecule has 0 radical (unpaired) electrons. The summed E-state index contributed by atoms with van der Waals surface area (Å²) in [7, 11) is 3.50. The molecule has 2 aromatic carbocycles. The Morgan fingerprint density at radius 2 is 1.69 bits per heavy atom. The molecule has 5 rings (SSSR count). The third kappa shape index (κ3) is 4.76. The lowest BCUT2D eigenvalue weighted by atomic mass is 10.1. The van der Waals surface area contributed by atoms with E-state index in [0.29, 0.717) is 5.56 Å². The van der Waals surface area contributed by atoms with E-state index in [-0.39, 0.29) is 12.5 Å². The maximum atomic E-state index is 12.2. The maximum absolute atomic E-state index is 12.2. The molecule has 0 atom stereocenters. The molecule has 35 heavy (non-hydrogen) atoms. The third-order valence-electron chi connectivity index (χ3n) is 6.55. The zero-order valence-electron chi connectivity index (χ0n) is 20.1. The van der Waals surface area contributed by atoms with Crippen LogP contribution < -0.4 is 4.90 Å². The van der Waals surface area contributed by atoms with Crippen molar-refractivity contribution in [1.82, 2.24) is 24.8 Å². The van der Waals surface area contributed by atoms with Crippen molar-refractivity contribution in [2.45, 2.75) is 0 Å². The van der Waals surface area contributed by atoms with Crippen LogP contribution >= 0.6 is 0 Å². The van der Waals surface area contributed by atoms with Gasteiger partial charge in [-0.05, 0) is 29.8 Å². The number of hydrogen-bond acceptors (Lipinski definition) is 6. The fourth-order valence-corrected chi connectivity index (χ4v) is 4.52. The van der Waals surface area contributed by atoms with Gasteiger partial charge in [-0.1, -0.05) is 24.3 Å². The number of aromatic nitrogens is 3. The number of nitrogens with zero attached hydrogens (tertiary/aromatic N) is 5. The van der Waals surface area contributed by atoms with Crippen LogP contribution in [0.3, 0.4) is 0 Å². The van der Waals surface area contributed by atoms with Crippen molar-refractivity contribution in [2.75, 3.05) is 58.3 Å². The second-order valence-electron chi connectivity index (χ2n) is 9.03. The SMILES string of the molecule is CN(C)C(=O)c1ccc(-c2c[nH]c3ncc(-c4ccc(N5CCN(CCO)CC5)cc4)nc23)cc1. The van der Waals surface area contributed by atoms with E-state index in [2.05, 4.69) is 44.0 Å². The molecule has 2 N–H and O–H groups in total. The number of piperazine rings is 1. The molecular weight excluding hydrogens is 440 g/mol. The van der Waals surface area contributed by atoms with E-state index in [1.165, 1.54) is 5.69 Å². The summed E-state index contributed by atoms with van der Waals surface area (Å²) in [6, 6.07) is 16.1. The molecule has 8 heteroatoms. The van der Waals surface area contributed by atoms with E-state index in [4.69, 9.17) is 10.1 Å². The van der Waals surface area contributed by atoms with E-state index in [9.17, 15) is 4.79 Å². The molecule has 1 aliphatic heterocycles. The van der Waals surface area contributed by atoms with E-state index in [1.54, 1.807) is 25.2 Å². The molecule has 0 spiro atoms. The number of amides is 1. The van der Waals surface area contributed by atoms with Gasteiger partial charge in [0, 0.05) is 75.4 Å². The standard InChI is InChI=1S/C27H30N6O2/c1-31(2)27(35)21-5-3-19(4-6-21)23-17-28-26-25(23)30-24(18-29-26)20-7-9-22(10-8-20)33-13-11-32(12-14-33)15-16-34/h3-10,17-18,34H,11-16H2,1-2H3,(H,28,29). The maximum Gasteiger partial charge on any atom is 0.253 e. The molecule has 1 amide bonds. The monoisotopic (exact) mass is 470 g/mol. The Hall–Kier alpha value is -3.75. The van der Waals surface area contributed by atoms with Gasteiger partial charge in [0.05, 0.1) is 18.5 Å². The fourth-order valence-electron chi connectivity index (χ4n) is 4.52. The average molecular weight is 471 g/mol. The number of aliphatic hydroxyl groups is 1. The number of aromatic amines is 1. The number of H-pyrrole nitrogens is 1. The van der Waals surface area contributed by atoms with Crippen LogP contribution in [0.4, 0.5) is 5.69 Å². The summed E-state index contributed by atoms with van der Waals surface area (Å²) < 4.78 is 0. The minimum Gasteiger partial charge on any atom is -0.395 e. The van der Waals surface area contributed by atoms with Crippen LogP contribution in [0.15, 0.2) is 60.9 Å². The number of aliphatic hydroxyl groups excluding tert-OH is 1. The van der Waals surface area contributed by atoms with E-state index in [0.717, 1.165) is 66.3 Å². The Kier molecular flexibility index (Phi) is 6.48. The van der Waals surface area contributed by atoms with Crippen LogP contribution in [-0.4, -0.2) is 89.2 Å². The van der Waals surface area contributed by atoms with Crippen LogP contribution in [-0.2, 0) is 0 Å². The predicted octanol–water partition coefficient (Wildman–Crippen LogP) is 3.11. The second kappa shape index (κ2) is 9.85. The molecule has 0 bridgehead atoms. The first-order chi connectivity index (χ1) is 17.0. The van der Waals surface area contributed by atoms with Crippen LogP contribution in [0, 0.1) is 0 Å². The summed E-state index contributed by atoms with van der Waals surface area (Å²) in [5.41, 5.74) is 7.15. The first kappa shape index (κ1) is 23.0. The third-order valence-corrected chi connectivity index (χ3v) is 6.55. The van der Waals surface area contributed by atoms with Gasteiger partial charge in [-0.15, -0.1) is 0 Å². The van der Waals surface area contributed by atoms with Crippen LogP contribution in [0.1, 0.15) is 10.4 Å². The lowest BCUT2D eigenvalue weighted by Gasteiger charge is -2.35. The summed E-state index contributed by atoms with van der Waals surface area (Å²) in [4.78, 5) is 31.2. The van der Waals surface area contributed by atoms with Gasteiger partial charge in [-0.25, -0.2) is 9.97 Å². The van der Waals surface area contributed by atoms with Gasteiger partial charge in [0.1, 0.15) is 5.52 Å². The lowest BCUT2D eigenvalue weighted by Crippen LogP contribution is -2.47. The predicted molar refractivity (Wildman–Crippen MR) is 139 cm³/mol. The smallest absolute Gasteiger partial charge is 0.253 e. The molecule has 1 aliphatic rings. The number of β-amino-alcohol motifs (C(OH)–C–C–N with tert-alkyl or cyclic N) is 1. The number of fused-ring (bicyclic) bond motifs is 1. The minimum atomic E-state index is -0.0203. The number of rotatable bonds is 6. The van der Waals surface area contributed by atoms with Crippen molar-refractivity contribution in [3.05, 3.63) is 66.5 Å². The molecule has 0 unspecified atom stereocenters. The topological polar surface area (TPSA) is 88.6 Å². The molecule has 4 aromatic rings. The second-order valence-corrected chi connectivity index (χ2v) is 9.03. The highest BCUT2D eigenvalue weighted by Crippen LogP contribution is 2.29. The molecule has 1 fully saturated rings. The average Bonchev–Trinajstić information content (AvgIpc) is 3.32. The van der Waals surface area contributed by atoms with Crippen LogP contribution in [0.25, 0.3) is 33.5 Å². The number of anilines is 1. The summed E-state index contributed by atoms with van der Waals surface area (Å²) in [6.45, 7) is 4.79. The van der Waals surface area contributed by atoms with Gasteiger partial charge < -0.3 is 19.9 Å². The number of nitrogens with one attached hydrogen (secondary N) is 1. The zero-order valence-corrected chi connectivity index (χ0v) is 20.1. The van der Waals surface area contributed by atoms with Crippen molar-refractivity contribution in [2.24, 2.45) is 0 Å².